The fourth-order valence-corrected chi connectivity index (χ4v) is 12.4. The van der Waals surface area contributed by atoms with E-state index in [9.17, 15) is 28.6 Å². The van der Waals surface area contributed by atoms with Crippen LogP contribution in [0.4, 0.5) is 0 Å². The molecule has 1 aliphatic rings. The number of nitrogens with zero attached hydrogens (tertiary/aromatic N) is 3. The molecule has 18 heteroatoms. The summed E-state index contributed by atoms with van der Waals surface area (Å²) >= 11 is 0. The van der Waals surface area contributed by atoms with Gasteiger partial charge in [-0.1, -0.05) is 191 Å². The Hall–Kier alpha value is -7.40. The molecule has 0 aliphatic carbocycles. The Morgan fingerprint density at radius 3 is 1.80 bits per heavy atom. The van der Waals surface area contributed by atoms with Gasteiger partial charge in [0.2, 0.25) is 17.7 Å². The number of hydrogen-bond donors (Lipinski definition) is 3. The minimum atomic E-state index is -4.87. The number of ether oxygens (including phenoxy) is 2. The van der Waals surface area contributed by atoms with Gasteiger partial charge in [-0.3, -0.25) is 37.8 Å². The van der Waals surface area contributed by atoms with Crippen LogP contribution in [0.5, 0.6) is 0 Å². The largest absolute Gasteiger partial charge is 0.472 e. The number of Topliss-reactive ketones (excluding diaryl/α,β-unsaturated/α-hetero) is 2. The molecule has 464 valence electrons. The maximum Gasteiger partial charge on any atom is 0.472 e. The summed E-state index contributed by atoms with van der Waals surface area (Å²) in [7, 11) is -3.74. The number of nitrogens with one attached hydrogen (secondary N) is 2. The fourth-order valence-electron chi connectivity index (χ4n) is 11.5. The number of imidazole rings is 1. The van der Waals surface area contributed by atoms with E-state index in [1.54, 1.807) is 42.9 Å². The van der Waals surface area contributed by atoms with Crippen LogP contribution in [0, 0.1) is 17.8 Å². The third-order valence-electron chi connectivity index (χ3n) is 16.1. The molecular formula is C69H86N5O12P. The Labute approximate surface area is 512 Å². The molecule has 7 atom stereocenters. The van der Waals surface area contributed by atoms with Crippen LogP contribution in [0.15, 0.2) is 164 Å². The minimum absolute atomic E-state index is 0.00825. The van der Waals surface area contributed by atoms with Crippen molar-refractivity contribution >= 4 is 43.1 Å². The summed E-state index contributed by atoms with van der Waals surface area (Å²) in [6, 6.07) is 44.1. The molecule has 0 radical (unpaired) electrons. The average Bonchev–Trinajstić information content (AvgIpc) is 2.43. The van der Waals surface area contributed by atoms with Gasteiger partial charge in [0.1, 0.15) is 17.7 Å². The first-order valence-electron chi connectivity index (χ1n) is 30.5. The first-order valence-corrected chi connectivity index (χ1v) is 32.0. The molecule has 3 amide bonds. The van der Waals surface area contributed by atoms with Crippen molar-refractivity contribution in [3.8, 4) is 0 Å². The number of benzene rings is 5. The Bertz CT molecular complexity index is 3070. The summed E-state index contributed by atoms with van der Waals surface area (Å²) in [6.45, 7) is 6.88. The van der Waals surface area contributed by atoms with Gasteiger partial charge >= 0.3 is 13.8 Å². The molecule has 0 bridgehead atoms. The van der Waals surface area contributed by atoms with E-state index in [0.717, 1.165) is 52.1 Å². The quantitative estimate of drug-likeness (QED) is 0.0144. The van der Waals surface area contributed by atoms with Gasteiger partial charge in [0.25, 0.3) is 0 Å². The number of aryl methyl sites for hydroxylation is 2. The lowest BCUT2D eigenvalue weighted by Crippen LogP contribution is -2.52. The average molecular weight is 1210 g/mol. The molecule has 2 heterocycles. The van der Waals surface area contributed by atoms with Crippen molar-refractivity contribution in [2.45, 2.75) is 154 Å². The molecule has 1 fully saturated rings. The minimum Gasteiger partial charge on any atom is -0.469 e. The van der Waals surface area contributed by atoms with E-state index >= 15 is 9.59 Å². The number of rotatable bonds is 36. The molecule has 7 rings (SSSR count). The maximum atomic E-state index is 15.6. The van der Waals surface area contributed by atoms with Gasteiger partial charge < -0.3 is 34.5 Å². The lowest BCUT2D eigenvalue weighted by Gasteiger charge is -2.37. The standard InChI is InChI=1S/C69H86N5O12P/c1-50(2)42-61(71-67(79)63-39-27-41-74(63)52(4)75)64(76)44-55(43-59-46-70-49-73(59)40-26-9-7-6-8-15-28-53-29-16-10-17-30-53)66(78)72-62(65(77)45-60(68(80)83-5)51(3)86-87(81,82)85-47-54-31-18-11-19-32-54)48-84-69(56-33-20-12-21-34-56,57-35-22-13-23-36-57)58-37-24-14-25-38-58/h10-14,16-25,29-38,46,49-51,55,60-63H,6-9,15,26-28,39-45,47-48H2,1-5H3,(H,71,79)(H,72,78)(H,81,82)/t51-,55-,60+,61-,62+,63+/m1/s1. The van der Waals surface area contributed by atoms with Crippen LogP contribution in [0.2, 0.25) is 0 Å². The number of hydrogen-bond acceptors (Lipinski definition) is 12. The monoisotopic (exact) mass is 1210 g/mol. The van der Waals surface area contributed by atoms with Gasteiger partial charge in [0.05, 0.1) is 50.6 Å². The number of esters is 1. The number of unbranched alkanes of at least 4 members (excludes halogenated alkanes) is 5. The number of aromatic nitrogens is 2. The highest BCUT2D eigenvalue weighted by Crippen LogP contribution is 2.47. The summed E-state index contributed by atoms with van der Waals surface area (Å²) in [5, 5.41) is 5.96. The molecule has 17 nitrogen and oxygen atoms in total. The van der Waals surface area contributed by atoms with Gasteiger partial charge in [0, 0.05) is 51.2 Å². The predicted octanol–water partition coefficient (Wildman–Crippen LogP) is 11.1. The molecular weight excluding hydrogens is 1120 g/mol. The van der Waals surface area contributed by atoms with Gasteiger partial charge in [-0.05, 0) is 79.2 Å². The Morgan fingerprint density at radius 2 is 1.24 bits per heavy atom. The van der Waals surface area contributed by atoms with Gasteiger partial charge in [-0.15, -0.1) is 0 Å². The van der Waals surface area contributed by atoms with Crippen molar-refractivity contribution < 1.29 is 56.7 Å². The number of carbonyl (C=O) groups excluding carboxylic acids is 6. The molecule has 0 saturated carbocycles. The van der Waals surface area contributed by atoms with Gasteiger partial charge in [0.15, 0.2) is 11.6 Å². The van der Waals surface area contributed by atoms with Crippen LogP contribution in [0.3, 0.4) is 0 Å². The number of carbonyl (C=O) groups is 6. The van der Waals surface area contributed by atoms with Crippen LogP contribution >= 0.6 is 7.82 Å². The van der Waals surface area contributed by atoms with Crippen LogP contribution in [0.1, 0.15) is 132 Å². The van der Waals surface area contributed by atoms with E-state index in [-0.39, 0.29) is 37.7 Å². The van der Waals surface area contributed by atoms with E-state index in [0.29, 0.717) is 53.9 Å². The summed E-state index contributed by atoms with van der Waals surface area (Å²) in [5.41, 5.74) is 3.30. The first kappa shape index (κ1) is 67.1. The lowest BCUT2D eigenvalue weighted by atomic mass is 9.80. The van der Waals surface area contributed by atoms with E-state index < -0.39 is 91.9 Å². The normalized spacial score (nSPS) is 15.8. The molecule has 1 unspecified atom stereocenters. The Balaban J connectivity index is 1.21. The molecule has 5 aromatic carbocycles. The number of amides is 3. The van der Waals surface area contributed by atoms with E-state index in [4.69, 9.17) is 18.5 Å². The van der Waals surface area contributed by atoms with E-state index in [1.807, 2.05) is 115 Å². The summed E-state index contributed by atoms with van der Waals surface area (Å²) in [6.07, 6.45) is 9.47. The van der Waals surface area contributed by atoms with Crippen molar-refractivity contribution in [1.82, 2.24) is 25.1 Å². The van der Waals surface area contributed by atoms with Crippen molar-refractivity contribution in [2.75, 3.05) is 20.3 Å². The summed E-state index contributed by atoms with van der Waals surface area (Å²) < 4.78 is 38.7. The van der Waals surface area contributed by atoms with Crippen molar-refractivity contribution in [2.24, 2.45) is 17.8 Å². The lowest BCUT2D eigenvalue weighted by molar-refractivity contribution is -0.151. The maximum absolute atomic E-state index is 15.6. The second-order valence-electron chi connectivity index (χ2n) is 23.1. The molecule has 1 saturated heterocycles. The topological polar surface area (TPSA) is 222 Å². The number of phosphoric ester groups is 1. The van der Waals surface area contributed by atoms with Crippen molar-refractivity contribution in [3.05, 3.63) is 198 Å². The SMILES string of the molecule is COC(=O)[C@@H](CC(=O)[C@H](COC(c1ccccc1)(c1ccccc1)c1ccccc1)NC(=O)[C@@H](CC(=O)[C@@H](CC(C)C)NC(=O)[C@@H]1CCCN1C(C)=O)Cc1cncn1CCCCCCCCc1ccccc1)[C@@H](C)OP(=O)(O)OCc1ccccc1. The molecule has 1 aliphatic heterocycles. The predicted molar refractivity (Wildman–Crippen MR) is 333 cm³/mol. The number of methoxy groups -OCH3 is 1. The molecule has 6 aromatic rings. The zero-order chi connectivity index (χ0) is 62.2. The van der Waals surface area contributed by atoms with Gasteiger partial charge in [-0.2, -0.15) is 0 Å². The Morgan fingerprint density at radius 1 is 0.701 bits per heavy atom. The highest BCUT2D eigenvalue weighted by atomic mass is 31.2. The Kier molecular flexibility index (Phi) is 26.0. The van der Waals surface area contributed by atoms with Crippen LogP contribution in [-0.2, 0) is 83.4 Å². The molecule has 3 N–H and O–H groups in total. The number of phosphoric acid groups is 1. The second kappa shape index (κ2) is 33.6. The number of likely N-dealkylation sites (tertiary alicyclic amines) is 1. The number of ketones is 2. The smallest absolute Gasteiger partial charge is 0.469 e. The van der Waals surface area contributed by atoms with Crippen LogP contribution < -0.4 is 10.6 Å². The highest BCUT2D eigenvalue weighted by Gasteiger charge is 2.43. The fraction of sp³-hybridized carbons (Fsp3) is 0.435. The second-order valence-corrected chi connectivity index (χ2v) is 24.5. The first-order chi connectivity index (χ1) is 42.0. The van der Waals surface area contributed by atoms with Crippen molar-refractivity contribution in [1.29, 1.82) is 0 Å². The van der Waals surface area contributed by atoms with Crippen LogP contribution in [-0.4, -0.2) is 99.1 Å². The molecule has 0 spiro atoms. The van der Waals surface area contributed by atoms with Gasteiger partial charge in [-0.25, -0.2) is 9.55 Å². The zero-order valence-corrected chi connectivity index (χ0v) is 51.8. The van der Waals surface area contributed by atoms with Crippen LogP contribution in [0.25, 0.3) is 0 Å². The third kappa shape index (κ3) is 19.8. The molecule has 1 aromatic heterocycles. The summed E-state index contributed by atoms with van der Waals surface area (Å²) in [5.74, 6) is -6.16. The van der Waals surface area contributed by atoms with E-state index in [1.165, 1.54) is 24.3 Å². The molecule has 87 heavy (non-hydrogen) atoms. The zero-order valence-electron chi connectivity index (χ0n) is 50.9. The highest BCUT2D eigenvalue weighted by molar-refractivity contribution is 7.47. The summed E-state index contributed by atoms with van der Waals surface area (Å²) in [4.78, 5) is 103. The van der Waals surface area contributed by atoms with E-state index in [2.05, 4.69) is 39.9 Å². The third-order valence-corrected chi connectivity index (χ3v) is 17.2. The van der Waals surface area contributed by atoms with Crippen molar-refractivity contribution in [3.63, 3.8) is 0 Å².